The molecular formula is C22H31N3O3. The molecule has 152 valence electrons. The molecule has 0 saturated heterocycles. The van der Waals surface area contributed by atoms with Crippen LogP contribution in [-0.2, 0) is 17.8 Å². The van der Waals surface area contributed by atoms with Crippen LogP contribution < -0.4 is 20.1 Å². The molecule has 0 aliphatic rings. The van der Waals surface area contributed by atoms with Gasteiger partial charge in [0.05, 0.1) is 27.4 Å². The number of guanidine groups is 1. The number of aryl methyl sites for hydroxylation is 1. The largest absolute Gasteiger partial charge is 0.496 e. The number of para-hydroxylation sites is 1. The fourth-order valence-electron chi connectivity index (χ4n) is 2.81. The molecule has 28 heavy (non-hydrogen) atoms. The van der Waals surface area contributed by atoms with E-state index in [-0.39, 0.29) is 0 Å². The van der Waals surface area contributed by atoms with Gasteiger partial charge >= 0.3 is 0 Å². The number of hydrogen-bond donors (Lipinski definition) is 2. The van der Waals surface area contributed by atoms with E-state index in [2.05, 4.69) is 33.8 Å². The van der Waals surface area contributed by atoms with Gasteiger partial charge in [-0.05, 0) is 36.6 Å². The molecule has 2 aromatic rings. The summed E-state index contributed by atoms with van der Waals surface area (Å²) in [6, 6.07) is 14.2. The quantitative estimate of drug-likeness (QED) is 0.374. The number of rotatable bonds is 10. The minimum atomic E-state index is 0.521. The van der Waals surface area contributed by atoms with Crippen molar-refractivity contribution in [2.75, 3.05) is 41.0 Å². The summed E-state index contributed by atoms with van der Waals surface area (Å²) in [4.78, 5) is 4.24. The van der Waals surface area contributed by atoms with Crippen molar-refractivity contribution in [2.45, 2.75) is 20.0 Å². The van der Waals surface area contributed by atoms with Crippen LogP contribution in [-0.4, -0.2) is 46.9 Å². The third kappa shape index (κ3) is 6.78. The van der Waals surface area contributed by atoms with Crippen LogP contribution in [0, 0.1) is 6.92 Å². The molecule has 0 atom stereocenters. The highest BCUT2D eigenvalue weighted by Crippen LogP contribution is 2.19. The van der Waals surface area contributed by atoms with Gasteiger partial charge in [-0.25, -0.2) is 0 Å². The van der Waals surface area contributed by atoms with Crippen LogP contribution in [0.3, 0.4) is 0 Å². The lowest BCUT2D eigenvalue weighted by Crippen LogP contribution is -2.39. The summed E-state index contributed by atoms with van der Waals surface area (Å²) in [5.41, 5.74) is 3.41. The summed E-state index contributed by atoms with van der Waals surface area (Å²) in [5.74, 6) is 2.54. The molecule has 6 nitrogen and oxygen atoms in total. The predicted octanol–water partition coefficient (Wildman–Crippen LogP) is 2.94. The number of nitrogens with one attached hydrogen (secondary N) is 2. The van der Waals surface area contributed by atoms with Gasteiger partial charge in [-0.3, -0.25) is 4.99 Å². The van der Waals surface area contributed by atoms with E-state index in [1.165, 1.54) is 5.56 Å². The van der Waals surface area contributed by atoms with Crippen LogP contribution in [0.5, 0.6) is 11.5 Å². The molecule has 6 heteroatoms. The Hall–Kier alpha value is -2.73. The van der Waals surface area contributed by atoms with Gasteiger partial charge in [0.25, 0.3) is 0 Å². The van der Waals surface area contributed by atoms with Gasteiger partial charge in [0, 0.05) is 25.7 Å². The van der Waals surface area contributed by atoms with Crippen molar-refractivity contribution in [3.05, 3.63) is 59.2 Å². The lowest BCUT2D eigenvalue weighted by molar-refractivity contribution is 0.123. The van der Waals surface area contributed by atoms with E-state index in [4.69, 9.17) is 14.2 Å². The first-order valence-corrected chi connectivity index (χ1v) is 9.45. The predicted molar refractivity (Wildman–Crippen MR) is 113 cm³/mol. The first-order valence-electron chi connectivity index (χ1n) is 9.45. The molecule has 2 rings (SSSR count). The maximum Gasteiger partial charge on any atom is 0.191 e. The van der Waals surface area contributed by atoms with E-state index in [0.29, 0.717) is 19.8 Å². The van der Waals surface area contributed by atoms with Crippen molar-refractivity contribution >= 4 is 5.96 Å². The Balaban J connectivity index is 1.66. The maximum atomic E-state index is 5.73. The molecule has 2 aromatic carbocycles. The number of hydrogen-bond acceptors (Lipinski definition) is 4. The topological polar surface area (TPSA) is 64.1 Å². The molecule has 0 aromatic heterocycles. The summed E-state index contributed by atoms with van der Waals surface area (Å²) in [5, 5.41) is 6.58. The Morgan fingerprint density at radius 2 is 1.71 bits per heavy atom. The first-order chi connectivity index (χ1) is 13.7. The van der Waals surface area contributed by atoms with Crippen molar-refractivity contribution < 1.29 is 14.2 Å². The number of benzene rings is 2. The van der Waals surface area contributed by atoms with E-state index >= 15 is 0 Å². The zero-order chi connectivity index (χ0) is 20.2. The van der Waals surface area contributed by atoms with E-state index in [1.54, 1.807) is 21.3 Å². The fraction of sp³-hybridized carbons (Fsp3) is 0.409. The number of ether oxygens (including phenoxy) is 3. The second-order valence-corrected chi connectivity index (χ2v) is 6.34. The maximum absolute atomic E-state index is 5.73. The number of methoxy groups -OCH3 is 2. The number of aliphatic imine (C=N–C) groups is 1. The third-order valence-electron chi connectivity index (χ3n) is 4.39. The van der Waals surface area contributed by atoms with E-state index in [0.717, 1.165) is 41.6 Å². The molecule has 0 aliphatic heterocycles. The zero-order valence-electron chi connectivity index (χ0n) is 17.2. The van der Waals surface area contributed by atoms with Crippen LogP contribution in [0.15, 0.2) is 47.5 Å². The summed E-state index contributed by atoms with van der Waals surface area (Å²) in [7, 11) is 5.13. The second-order valence-electron chi connectivity index (χ2n) is 6.34. The molecular weight excluding hydrogens is 354 g/mol. The van der Waals surface area contributed by atoms with Gasteiger partial charge in [-0.1, -0.05) is 30.3 Å². The normalized spacial score (nSPS) is 11.2. The molecule has 2 N–H and O–H groups in total. The van der Waals surface area contributed by atoms with Crippen LogP contribution >= 0.6 is 0 Å². The van der Waals surface area contributed by atoms with Gasteiger partial charge in [-0.15, -0.1) is 0 Å². The molecule has 0 aliphatic carbocycles. The van der Waals surface area contributed by atoms with Gasteiger partial charge in [0.2, 0.25) is 0 Å². The monoisotopic (exact) mass is 385 g/mol. The summed E-state index contributed by atoms with van der Waals surface area (Å²) >= 11 is 0. The average molecular weight is 386 g/mol. The summed E-state index contributed by atoms with van der Waals surface area (Å²) in [6.45, 7) is 4.60. The van der Waals surface area contributed by atoms with E-state index in [1.807, 2.05) is 31.2 Å². The lowest BCUT2D eigenvalue weighted by atomic mass is 10.1. The highest BCUT2D eigenvalue weighted by atomic mass is 16.5. The van der Waals surface area contributed by atoms with Crippen LogP contribution in [0.25, 0.3) is 0 Å². The highest BCUT2D eigenvalue weighted by Gasteiger charge is 2.03. The number of nitrogens with zero attached hydrogens (tertiary/aromatic N) is 1. The Bertz CT molecular complexity index is 762. The van der Waals surface area contributed by atoms with Gasteiger partial charge in [0.1, 0.15) is 11.5 Å². The summed E-state index contributed by atoms with van der Waals surface area (Å²) < 4.78 is 16.4. The Kier molecular flexibility index (Phi) is 9.15. The van der Waals surface area contributed by atoms with E-state index in [9.17, 15) is 0 Å². The highest BCUT2D eigenvalue weighted by molar-refractivity contribution is 5.79. The average Bonchev–Trinajstić information content (AvgIpc) is 2.73. The van der Waals surface area contributed by atoms with Crippen molar-refractivity contribution in [2.24, 2.45) is 4.99 Å². The molecule has 0 unspecified atom stereocenters. The molecule has 0 fully saturated rings. The van der Waals surface area contributed by atoms with Crippen LogP contribution in [0.2, 0.25) is 0 Å². The van der Waals surface area contributed by atoms with E-state index < -0.39 is 0 Å². The minimum Gasteiger partial charge on any atom is -0.496 e. The summed E-state index contributed by atoms with van der Waals surface area (Å²) in [6.07, 6.45) is 0.891. The molecule has 0 saturated carbocycles. The third-order valence-corrected chi connectivity index (χ3v) is 4.39. The Labute approximate surface area is 167 Å². The van der Waals surface area contributed by atoms with Gasteiger partial charge in [-0.2, -0.15) is 0 Å². The minimum absolute atomic E-state index is 0.521. The Morgan fingerprint density at radius 3 is 2.46 bits per heavy atom. The standard InChI is InChI=1S/C22H31N3O3/c1-17-9-10-18(15-21(17)27-4)11-12-24-22(23-2)25-13-14-28-16-19-7-5-6-8-20(19)26-3/h5-10,15H,11-14,16H2,1-4H3,(H2,23,24,25). The SMILES string of the molecule is CN=C(NCCOCc1ccccc1OC)NCCc1ccc(C)c(OC)c1. The Morgan fingerprint density at radius 1 is 0.964 bits per heavy atom. The molecule has 0 heterocycles. The first kappa shape index (κ1) is 21.6. The molecule has 0 bridgehead atoms. The molecule has 0 radical (unpaired) electrons. The van der Waals surface area contributed by atoms with Gasteiger partial charge in [0.15, 0.2) is 5.96 Å². The molecule has 0 amide bonds. The fourth-order valence-corrected chi connectivity index (χ4v) is 2.81. The van der Waals surface area contributed by atoms with Crippen molar-refractivity contribution in [1.29, 1.82) is 0 Å². The van der Waals surface area contributed by atoms with Crippen LogP contribution in [0.1, 0.15) is 16.7 Å². The van der Waals surface area contributed by atoms with Crippen molar-refractivity contribution in [3.63, 3.8) is 0 Å². The smallest absolute Gasteiger partial charge is 0.191 e. The van der Waals surface area contributed by atoms with Crippen molar-refractivity contribution in [1.82, 2.24) is 10.6 Å². The second kappa shape index (κ2) is 11.9. The molecule has 0 spiro atoms. The van der Waals surface area contributed by atoms with Gasteiger partial charge < -0.3 is 24.8 Å². The zero-order valence-corrected chi connectivity index (χ0v) is 17.2. The lowest BCUT2D eigenvalue weighted by Gasteiger charge is -2.13. The van der Waals surface area contributed by atoms with Crippen LogP contribution in [0.4, 0.5) is 0 Å². The van der Waals surface area contributed by atoms with Crippen molar-refractivity contribution in [3.8, 4) is 11.5 Å².